The van der Waals surface area contributed by atoms with Crippen molar-refractivity contribution in [3.8, 4) is 0 Å². The van der Waals surface area contributed by atoms with Gasteiger partial charge >= 0.3 is 12.2 Å². The molecule has 0 bridgehead atoms. The van der Waals surface area contributed by atoms with Gasteiger partial charge in [-0.25, -0.2) is 13.2 Å². The van der Waals surface area contributed by atoms with Crippen LogP contribution in [0.5, 0.6) is 0 Å². The Morgan fingerprint density at radius 1 is 0.842 bits per heavy atom. The quantitative estimate of drug-likeness (QED) is 0.329. The highest BCUT2D eigenvalue weighted by molar-refractivity contribution is 7.92. The highest BCUT2D eigenvalue weighted by Crippen LogP contribution is 2.30. The van der Waals surface area contributed by atoms with E-state index in [4.69, 9.17) is 0 Å². The predicted molar refractivity (Wildman–Crippen MR) is 137 cm³/mol. The third-order valence-corrected chi connectivity index (χ3v) is 7.72. The van der Waals surface area contributed by atoms with Crippen LogP contribution in [0.2, 0.25) is 0 Å². The largest absolute Gasteiger partial charge is 0.416 e. The molecule has 0 atom stereocenters. The van der Waals surface area contributed by atoms with Crippen molar-refractivity contribution < 1.29 is 26.4 Å². The van der Waals surface area contributed by atoms with Crippen molar-refractivity contribution in [3.05, 3.63) is 80.1 Å². The Bertz CT molecular complexity index is 1490. The molecule has 1 aliphatic rings. The molecule has 202 valence electrons. The number of amides is 2. The average molecular weight is 551 g/mol. The van der Waals surface area contributed by atoms with Gasteiger partial charge in [0.1, 0.15) is 11.4 Å². The highest BCUT2D eigenvalue weighted by atomic mass is 32.2. The van der Waals surface area contributed by atoms with E-state index in [2.05, 4.69) is 20.7 Å². The smallest absolute Gasteiger partial charge is 0.377 e. The topological polar surface area (TPSA) is 133 Å². The Labute approximate surface area is 216 Å². The number of benzene rings is 2. The standard InChI is InChI=1S/C25H25F3N4O5S/c1-14-2-12-19(13-3-14)38(36,37)32-21-20(22(33)23(21)34)29-16-8-10-18(11-9-16)31-24(35)30-17-6-4-15(5-7-17)25(26,27)28/h2-7,12-13,16,18,29,32H,8-11H2,1H3,(H2,30,31,35). The van der Waals surface area contributed by atoms with E-state index in [-0.39, 0.29) is 34.0 Å². The fourth-order valence-corrected chi connectivity index (χ4v) is 5.29. The van der Waals surface area contributed by atoms with E-state index >= 15 is 0 Å². The fourth-order valence-electron chi connectivity index (χ4n) is 4.22. The predicted octanol–water partition coefficient (Wildman–Crippen LogP) is 3.96. The number of halogens is 3. The van der Waals surface area contributed by atoms with Crippen LogP contribution in [-0.4, -0.2) is 26.5 Å². The molecule has 13 heteroatoms. The average Bonchev–Trinajstić information content (AvgIpc) is 2.87. The number of sulfonamides is 1. The van der Waals surface area contributed by atoms with Crippen molar-refractivity contribution in [2.24, 2.45) is 0 Å². The Balaban J connectivity index is 1.29. The number of rotatable bonds is 7. The second-order valence-corrected chi connectivity index (χ2v) is 10.9. The summed E-state index contributed by atoms with van der Waals surface area (Å²) < 4.78 is 65.5. The maximum atomic E-state index is 12.7. The zero-order valence-electron chi connectivity index (χ0n) is 20.2. The van der Waals surface area contributed by atoms with Gasteiger partial charge in [0.25, 0.3) is 20.9 Å². The van der Waals surface area contributed by atoms with Crippen LogP contribution in [0, 0.1) is 6.92 Å². The van der Waals surface area contributed by atoms with Crippen LogP contribution in [0.4, 0.5) is 35.0 Å². The van der Waals surface area contributed by atoms with Crippen LogP contribution >= 0.6 is 0 Å². The number of urea groups is 1. The minimum absolute atomic E-state index is 0.0387. The minimum atomic E-state index is -4.47. The van der Waals surface area contributed by atoms with Gasteiger partial charge in [-0.2, -0.15) is 13.2 Å². The number of hydrogen-bond donors (Lipinski definition) is 4. The maximum absolute atomic E-state index is 12.7. The first-order chi connectivity index (χ1) is 17.8. The molecule has 0 spiro atoms. The molecule has 3 aromatic carbocycles. The summed E-state index contributed by atoms with van der Waals surface area (Å²) in [5, 5.41) is 8.23. The number of nitrogens with one attached hydrogen (secondary N) is 4. The monoisotopic (exact) mass is 550 g/mol. The Morgan fingerprint density at radius 2 is 1.39 bits per heavy atom. The molecule has 0 radical (unpaired) electrons. The first-order valence-electron chi connectivity index (χ1n) is 11.8. The molecule has 1 saturated carbocycles. The fraction of sp³-hybridized carbons (Fsp3) is 0.320. The summed E-state index contributed by atoms with van der Waals surface area (Å²) >= 11 is 0. The third-order valence-electron chi connectivity index (χ3n) is 6.36. The third kappa shape index (κ3) is 6.15. The summed E-state index contributed by atoms with van der Waals surface area (Å²) in [5.74, 6) is 0. The normalized spacial score (nSPS) is 18.1. The van der Waals surface area contributed by atoms with Crippen LogP contribution < -0.4 is 31.5 Å². The first-order valence-corrected chi connectivity index (χ1v) is 13.3. The molecule has 4 N–H and O–H groups in total. The van der Waals surface area contributed by atoms with E-state index in [0.717, 1.165) is 17.7 Å². The lowest BCUT2D eigenvalue weighted by atomic mass is 9.91. The molecular weight excluding hydrogens is 525 g/mol. The van der Waals surface area contributed by atoms with Crippen molar-refractivity contribution in [3.63, 3.8) is 0 Å². The summed E-state index contributed by atoms with van der Waals surface area (Å²) in [7, 11) is -4.06. The van der Waals surface area contributed by atoms with E-state index < -0.39 is 38.7 Å². The van der Waals surface area contributed by atoms with E-state index in [0.29, 0.717) is 25.7 Å². The molecule has 1 fully saturated rings. The van der Waals surface area contributed by atoms with Crippen molar-refractivity contribution >= 4 is 33.1 Å². The minimum Gasteiger partial charge on any atom is -0.377 e. The zero-order chi connectivity index (χ0) is 27.7. The molecule has 9 nitrogen and oxygen atoms in total. The van der Waals surface area contributed by atoms with Gasteiger partial charge in [-0.3, -0.25) is 14.3 Å². The Kier molecular flexibility index (Phi) is 7.49. The van der Waals surface area contributed by atoms with Crippen LogP contribution in [0.25, 0.3) is 0 Å². The second kappa shape index (κ2) is 10.5. The van der Waals surface area contributed by atoms with Crippen LogP contribution in [-0.2, 0) is 16.2 Å². The molecule has 1 aliphatic carbocycles. The number of anilines is 3. The molecule has 0 aliphatic heterocycles. The van der Waals surface area contributed by atoms with E-state index in [1.807, 2.05) is 0 Å². The van der Waals surface area contributed by atoms with Gasteiger partial charge in [0, 0.05) is 17.8 Å². The lowest BCUT2D eigenvalue weighted by Gasteiger charge is -2.31. The van der Waals surface area contributed by atoms with Gasteiger partial charge in [-0.15, -0.1) is 0 Å². The van der Waals surface area contributed by atoms with Gasteiger partial charge in [0.05, 0.1) is 10.5 Å². The summed E-state index contributed by atoms with van der Waals surface area (Å²) in [5.41, 5.74) is -1.84. The number of hydrogen-bond acceptors (Lipinski definition) is 6. The number of aryl methyl sites for hydroxylation is 1. The van der Waals surface area contributed by atoms with Gasteiger partial charge in [0.2, 0.25) is 0 Å². The Morgan fingerprint density at radius 3 is 1.97 bits per heavy atom. The summed E-state index contributed by atoms with van der Waals surface area (Å²) in [6.45, 7) is 1.80. The van der Waals surface area contributed by atoms with Crippen LogP contribution in [0.15, 0.2) is 63.0 Å². The van der Waals surface area contributed by atoms with Gasteiger partial charge in [0.15, 0.2) is 0 Å². The molecular formula is C25H25F3N4O5S. The lowest BCUT2D eigenvalue weighted by molar-refractivity contribution is -0.137. The summed E-state index contributed by atoms with van der Waals surface area (Å²) in [4.78, 5) is 36.4. The van der Waals surface area contributed by atoms with Gasteiger partial charge in [-0.1, -0.05) is 17.7 Å². The van der Waals surface area contributed by atoms with Crippen LogP contribution in [0.3, 0.4) is 0 Å². The van der Waals surface area contributed by atoms with Crippen molar-refractivity contribution in [1.82, 2.24) is 5.32 Å². The summed E-state index contributed by atoms with van der Waals surface area (Å²) in [6.07, 6.45) is -2.37. The van der Waals surface area contributed by atoms with Crippen molar-refractivity contribution in [1.29, 1.82) is 0 Å². The summed E-state index contributed by atoms with van der Waals surface area (Å²) in [6, 6.07) is 9.13. The molecule has 3 aromatic rings. The highest BCUT2D eigenvalue weighted by Gasteiger charge is 2.31. The zero-order valence-corrected chi connectivity index (χ0v) is 21.0. The maximum Gasteiger partial charge on any atom is 0.416 e. The molecule has 0 unspecified atom stereocenters. The van der Waals surface area contributed by atoms with Crippen molar-refractivity contribution in [2.45, 2.75) is 55.8 Å². The molecule has 0 heterocycles. The Hall–Kier alpha value is -3.87. The SMILES string of the molecule is Cc1ccc(S(=O)(=O)Nc2c(NC3CCC(NC(=O)Nc4ccc(C(F)(F)F)cc4)CC3)c(=O)c2=O)cc1. The van der Waals surface area contributed by atoms with Crippen molar-refractivity contribution in [2.75, 3.05) is 15.4 Å². The number of carbonyl (C=O) groups excluding carboxylic acids is 1. The molecule has 0 aromatic heterocycles. The van der Waals surface area contributed by atoms with Gasteiger partial charge < -0.3 is 16.0 Å². The number of alkyl halides is 3. The number of carbonyl (C=O) groups is 1. The first kappa shape index (κ1) is 27.2. The van der Waals surface area contributed by atoms with Crippen LogP contribution in [0.1, 0.15) is 36.8 Å². The molecule has 4 rings (SSSR count). The molecule has 38 heavy (non-hydrogen) atoms. The molecule has 0 saturated heterocycles. The van der Waals surface area contributed by atoms with E-state index in [1.165, 1.54) is 24.3 Å². The second-order valence-electron chi connectivity index (χ2n) is 9.19. The molecule has 2 amide bonds. The van der Waals surface area contributed by atoms with E-state index in [9.17, 15) is 36.0 Å². The van der Waals surface area contributed by atoms with Gasteiger partial charge in [-0.05, 0) is 69.0 Å². The van der Waals surface area contributed by atoms with E-state index in [1.54, 1.807) is 19.1 Å². The lowest BCUT2D eigenvalue weighted by Crippen LogP contribution is -2.44.